The molecule has 2 nitrogen and oxygen atoms in total. The van der Waals surface area contributed by atoms with E-state index in [1.165, 1.54) is 6.42 Å². The number of rotatable bonds is 3. The van der Waals surface area contributed by atoms with E-state index in [-0.39, 0.29) is 11.8 Å². The van der Waals surface area contributed by atoms with Crippen LogP contribution in [0.5, 0.6) is 0 Å². The Morgan fingerprint density at radius 1 is 1.33 bits per heavy atom. The molecule has 21 heavy (non-hydrogen) atoms. The highest BCUT2D eigenvalue weighted by Gasteiger charge is 2.51. The van der Waals surface area contributed by atoms with E-state index in [0.29, 0.717) is 5.92 Å². The molecule has 0 saturated heterocycles. The minimum atomic E-state index is -4.72. The largest absolute Gasteiger partial charge is 0.455 e. The summed E-state index contributed by atoms with van der Waals surface area (Å²) in [6, 6.07) is 0. The van der Waals surface area contributed by atoms with Crippen LogP contribution in [0.4, 0.5) is 13.2 Å². The molecule has 120 valence electrons. The predicted octanol–water partition coefficient (Wildman–Crippen LogP) is 4.64. The first-order chi connectivity index (χ1) is 9.68. The lowest BCUT2D eigenvalue weighted by atomic mass is 9.59. The van der Waals surface area contributed by atoms with Crippen LogP contribution in [-0.2, 0) is 9.53 Å². The van der Waals surface area contributed by atoms with Crippen molar-refractivity contribution in [1.29, 1.82) is 0 Å². The van der Waals surface area contributed by atoms with Crippen molar-refractivity contribution in [3.8, 4) is 0 Å². The van der Waals surface area contributed by atoms with Crippen LogP contribution in [0.2, 0.25) is 0 Å². The van der Waals surface area contributed by atoms with Crippen molar-refractivity contribution in [1.82, 2.24) is 0 Å². The monoisotopic (exact) mass is 304 g/mol. The molecule has 2 fully saturated rings. The Morgan fingerprint density at radius 2 is 2.00 bits per heavy atom. The Kier molecular flexibility index (Phi) is 4.41. The summed E-state index contributed by atoms with van der Waals surface area (Å²) in [6.45, 7) is 6.68. The summed E-state index contributed by atoms with van der Waals surface area (Å²) in [5, 5.41) is 0. The summed E-state index contributed by atoms with van der Waals surface area (Å²) in [5.41, 5.74) is -2.20. The average molecular weight is 304 g/mol. The van der Waals surface area contributed by atoms with Crippen LogP contribution < -0.4 is 0 Å². The molecule has 0 amide bonds. The highest BCUT2D eigenvalue weighted by molar-refractivity contribution is 5.89. The van der Waals surface area contributed by atoms with Crippen LogP contribution in [0.25, 0.3) is 0 Å². The maximum atomic E-state index is 12.6. The van der Waals surface area contributed by atoms with Crippen molar-refractivity contribution in [3.05, 3.63) is 12.2 Å². The molecule has 2 rings (SSSR count). The summed E-state index contributed by atoms with van der Waals surface area (Å²) >= 11 is 0. The Labute approximate surface area is 123 Å². The average Bonchev–Trinajstić information content (AvgIpc) is 2.41. The lowest BCUT2D eigenvalue weighted by Crippen LogP contribution is -2.52. The summed E-state index contributed by atoms with van der Waals surface area (Å²) in [7, 11) is 0. The molecule has 5 heteroatoms. The predicted molar refractivity (Wildman–Crippen MR) is 73.5 cm³/mol. The number of halogens is 3. The number of hydrogen-bond acceptors (Lipinski definition) is 2. The molecular formula is C16H23F3O2. The number of esters is 1. The van der Waals surface area contributed by atoms with E-state index < -0.39 is 23.3 Å². The van der Waals surface area contributed by atoms with E-state index in [1.807, 2.05) is 13.8 Å². The summed E-state index contributed by atoms with van der Waals surface area (Å²) in [5.74, 6) is -0.384. The highest BCUT2D eigenvalue weighted by atomic mass is 19.4. The van der Waals surface area contributed by atoms with Crippen molar-refractivity contribution in [3.63, 3.8) is 0 Å². The van der Waals surface area contributed by atoms with Crippen molar-refractivity contribution in [2.24, 2.45) is 17.8 Å². The third kappa shape index (κ3) is 3.11. The van der Waals surface area contributed by atoms with Crippen molar-refractivity contribution < 1.29 is 22.7 Å². The van der Waals surface area contributed by atoms with Gasteiger partial charge in [0.05, 0.1) is 0 Å². The van der Waals surface area contributed by atoms with Gasteiger partial charge in [0.2, 0.25) is 0 Å². The van der Waals surface area contributed by atoms with E-state index in [0.717, 1.165) is 32.1 Å². The fourth-order valence-electron chi connectivity index (χ4n) is 4.11. The molecule has 0 aromatic carbocycles. The second-order valence-electron chi connectivity index (χ2n) is 6.62. The normalized spacial score (nSPS) is 36.1. The number of carbonyl (C=O) groups excluding carboxylic acids is 1. The first-order valence-electron chi connectivity index (χ1n) is 7.68. The fourth-order valence-corrected chi connectivity index (χ4v) is 4.11. The third-order valence-electron chi connectivity index (χ3n) is 5.42. The smallest absolute Gasteiger partial charge is 0.422 e. The second-order valence-corrected chi connectivity index (χ2v) is 6.62. The number of alkyl halides is 3. The maximum absolute atomic E-state index is 12.6. The second kappa shape index (κ2) is 5.65. The minimum Gasteiger partial charge on any atom is -0.455 e. The molecule has 2 saturated carbocycles. The van der Waals surface area contributed by atoms with E-state index >= 15 is 0 Å². The molecule has 0 aromatic rings. The van der Waals surface area contributed by atoms with E-state index in [9.17, 15) is 18.0 Å². The standard InChI is InChI=1S/C16H23F3O2/c1-4-12-8-11-6-5-7-13(9-11)15(12,3)21-14(20)10(2)16(17,18)19/h11-13H,2,4-9H2,1,3H3. The van der Waals surface area contributed by atoms with Crippen LogP contribution >= 0.6 is 0 Å². The SMILES string of the molecule is C=C(C(=O)OC1(C)C(CC)CC2CCCC1C2)C(F)(F)F. The molecule has 4 unspecified atom stereocenters. The van der Waals surface area contributed by atoms with Gasteiger partial charge in [0.15, 0.2) is 0 Å². The number of ether oxygens (including phenoxy) is 1. The number of carbonyl (C=O) groups is 1. The van der Waals surface area contributed by atoms with Gasteiger partial charge in [-0.1, -0.05) is 26.3 Å². The Balaban J connectivity index is 2.18. The molecule has 2 aliphatic rings. The molecule has 0 heterocycles. The maximum Gasteiger partial charge on any atom is 0.422 e. The van der Waals surface area contributed by atoms with Crippen LogP contribution in [-0.4, -0.2) is 17.7 Å². The topological polar surface area (TPSA) is 26.3 Å². The van der Waals surface area contributed by atoms with Crippen molar-refractivity contribution in [2.45, 2.75) is 64.1 Å². The zero-order valence-corrected chi connectivity index (χ0v) is 12.6. The molecule has 2 bridgehead atoms. The lowest BCUT2D eigenvalue weighted by molar-refractivity contribution is -0.187. The summed E-state index contributed by atoms with van der Waals surface area (Å²) < 4.78 is 43.2. The molecule has 4 atom stereocenters. The van der Waals surface area contributed by atoms with Gasteiger partial charge in [0, 0.05) is 0 Å². The van der Waals surface area contributed by atoms with Crippen LogP contribution in [0.1, 0.15) is 52.4 Å². The Morgan fingerprint density at radius 3 is 2.57 bits per heavy atom. The zero-order valence-electron chi connectivity index (χ0n) is 12.6. The minimum absolute atomic E-state index is 0.131. The molecule has 2 aliphatic carbocycles. The summed E-state index contributed by atoms with van der Waals surface area (Å²) in [6.07, 6.45) is 1.17. The lowest BCUT2D eigenvalue weighted by Gasteiger charge is -2.51. The van der Waals surface area contributed by atoms with E-state index in [1.54, 1.807) is 0 Å². The van der Waals surface area contributed by atoms with Gasteiger partial charge in [0.25, 0.3) is 0 Å². The van der Waals surface area contributed by atoms with Crippen LogP contribution in [0.3, 0.4) is 0 Å². The van der Waals surface area contributed by atoms with Gasteiger partial charge in [-0.15, -0.1) is 0 Å². The quantitative estimate of drug-likeness (QED) is 0.560. The number of hydrogen-bond donors (Lipinski definition) is 0. The van der Waals surface area contributed by atoms with Gasteiger partial charge < -0.3 is 4.74 Å². The first kappa shape index (κ1) is 16.4. The Hall–Kier alpha value is -1.00. The van der Waals surface area contributed by atoms with Gasteiger partial charge in [-0.25, -0.2) is 4.79 Å². The summed E-state index contributed by atoms with van der Waals surface area (Å²) in [4.78, 5) is 11.8. The molecule has 0 aromatic heterocycles. The van der Waals surface area contributed by atoms with E-state index in [2.05, 4.69) is 6.58 Å². The van der Waals surface area contributed by atoms with Crippen LogP contribution in [0.15, 0.2) is 12.2 Å². The zero-order chi connectivity index (χ0) is 15.8. The van der Waals surface area contributed by atoms with Crippen LogP contribution in [0, 0.1) is 17.8 Å². The van der Waals surface area contributed by atoms with Gasteiger partial charge >= 0.3 is 12.1 Å². The van der Waals surface area contributed by atoms with Gasteiger partial charge in [-0.3, -0.25) is 0 Å². The first-order valence-corrected chi connectivity index (χ1v) is 7.68. The van der Waals surface area contributed by atoms with Gasteiger partial charge in [-0.05, 0) is 50.4 Å². The van der Waals surface area contributed by atoms with Crippen molar-refractivity contribution >= 4 is 5.97 Å². The van der Waals surface area contributed by atoms with Gasteiger partial charge in [-0.2, -0.15) is 13.2 Å². The van der Waals surface area contributed by atoms with Crippen molar-refractivity contribution in [2.75, 3.05) is 0 Å². The van der Waals surface area contributed by atoms with E-state index in [4.69, 9.17) is 4.74 Å². The molecule has 0 aliphatic heterocycles. The molecule has 0 N–H and O–H groups in total. The highest BCUT2D eigenvalue weighted by Crippen LogP contribution is 2.51. The molecule has 0 radical (unpaired) electrons. The fraction of sp³-hybridized carbons (Fsp3) is 0.812. The molecular weight excluding hydrogens is 281 g/mol. The van der Waals surface area contributed by atoms with Gasteiger partial charge in [0.1, 0.15) is 11.2 Å². The third-order valence-corrected chi connectivity index (χ3v) is 5.42. The Bertz CT molecular complexity index is 426. The molecule has 0 spiro atoms. The number of fused-ring (bicyclic) bond motifs is 2.